The van der Waals surface area contributed by atoms with Gasteiger partial charge in [-0.25, -0.2) is 0 Å². The highest BCUT2D eigenvalue weighted by Gasteiger charge is 2.49. The fraction of sp³-hybridized carbons (Fsp3) is 0.588. The molecule has 2 atom stereocenters. The summed E-state index contributed by atoms with van der Waals surface area (Å²) in [6, 6.07) is 5.62. The first kappa shape index (κ1) is 16.4. The second kappa shape index (κ2) is 6.57. The van der Waals surface area contributed by atoms with Gasteiger partial charge in [-0.05, 0) is 37.4 Å². The van der Waals surface area contributed by atoms with Gasteiger partial charge in [0.1, 0.15) is 13.2 Å². The van der Waals surface area contributed by atoms with Crippen molar-refractivity contribution in [3.8, 4) is 11.5 Å². The predicted octanol–water partition coefficient (Wildman–Crippen LogP) is 2.60. The van der Waals surface area contributed by atoms with Crippen molar-refractivity contribution >= 4 is 24.0 Å². The van der Waals surface area contributed by atoms with Crippen LogP contribution in [0.4, 0.5) is 5.69 Å². The maximum Gasteiger partial charge on any atom is 0.232 e. The van der Waals surface area contributed by atoms with Gasteiger partial charge in [0, 0.05) is 18.3 Å². The molecule has 1 amide bonds. The van der Waals surface area contributed by atoms with Crippen LogP contribution in [0.3, 0.4) is 0 Å². The number of nitrogens with one attached hydrogen (secondary N) is 2. The van der Waals surface area contributed by atoms with Gasteiger partial charge in [0.25, 0.3) is 0 Å². The van der Waals surface area contributed by atoms with Crippen LogP contribution in [0.25, 0.3) is 0 Å². The summed E-state index contributed by atoms with van der Waals surface area (Å²) in [5.74, 6) is 2.09. The number of rotatable bonds is 2. The third-order valence-corrected chi connectivity index (χ3v) is 5.29. The second-order valence-electron chi connectivity index (χ2n) is 6.54. The predicted molar refractivity (Wildman–Crippen MR) is 90.6 cm³/mol. The molecule has 2 aliphatic heterocycles. The molecule has 1 aromatic carbocycles. The highest BCUT2D eigenvalue weighted by molar-refractivity contribution is 5.96. The van der Waals surface area contributed by atoms with E-state index in [9.17, 15) is 4.79 Å². The molecule has 23 heavy (non-hydrogen) atoms. The van der Waals surface area contributed by atoms with E-state index < -0.39 is 0 Å². The fourth-order valence-corrected chi connectivity index (χ4v) is 4.07. The first-order chi connectivity index (χ1) is 10.8. The van der Waals surface area contributed by atoms with E-state index in [0.29, 0.717) is 24.9 Å². The zero-order chi connectivity index (χ0) is 15.0. The van der Waals surface area contributed by atoms with Crippen LogP contribution >= 0.6 is 12.4 Å². The smallest absolute Gasteiger partial charge is 0.232 e. The standard InChI is InChI=1S/C17H22N2O3.ClH/c20-16(17-6-2-1-3-12(17)10-18-11-17)19-13-4-5-14-15(9-13)22-8-7-21-14;/h4-5,9,12,18H,1-3,6-8,10-11H2,(H,19,20);1H/t12-,17+;/m0./s1. The van der Waals surface area contributed by atoms with Gasteiger partial charge in [-0.3, -0.25) is 4.79 Å². The molecule has 0 bridgehead atoms. The summed E-state index contributed by atoms with van der Waals surface area (Å²) in [5.41, 5.74) is 0.561. The van der Waals surface area contributed by atoms with Gasteiger partial charge in [0.2, 0.25) is 5.91 Å². The Bertz CT molecular complexity index is 595. The summed E-state index contributed by atoms with van der Waals surface area (Å²) in [5, 5.41) is 6.53. The van der Waals surface area contributed by atoms with Crippen LogP contribution in [0.2, 0.25) is 0 Å². The molecular formula is C17H23ClN2O3. The van der Waals surface area contributed by atoms with E-state index >= 15 is 0 Å². The number of ether oxygens (including phenoxy) is 2. The van der Waals surface area contributed by atoms with Crippen molar-refractivity contribution in [2.45, 2.75) is 25.7 Å². The van der Waals surface area contributed by atoms with Crippen LogP contribution in [0.15, 0.2) is 18.2 Å². The number of amides is 1. The van der Waals surface area contributed by atoms with Crippen LogP contribution < -0.4 is 20.1 Å². The molecule has 1 saturated carbocycles. The Balaban J connectivity index is 0.00000156. The number of fused-ring (bicyclic) bond motifs is 2. The van der Waals surface area contributed by atoms with Crippen molar-refractivity contribution in [3.63, 3.8) is 0 Å². The minimum Gasteiger partial charge on any atom is -0.486 e. The largest absolute Gasteiger partial charge is 0.486 e. The average Bonchev–Trinajstić information content (AvgIpc) is 3.00. The Morgan fingerprint density at radius 2 is 2.04 bits per heavy atom. The van der Waals surface area contributed by atoms with Gasteiger partial charge in [0.15, 0.2) is 11.5 Å². The zero-order valence-electron chi connectivity index (χ0n) is 13.1. The molecule has 126 valence electrons. The van der Waals surface area contributed by atoms with Crippen molar-refractivity contribution in [2.75, 3.05) is 31.6 Å². The zero-order valence-corrected chi connectivity index (χ0v) is 13.9. The molecule has 1 saturated heterocycles. The minimum absolute atomic E-state index is 0. The highest BCUT2D eigenvalue weighted by atomic mass is 35.5. The van der Waals surface area contributed by atoms with E-state index in [1.165, 1.54) is 6.42 Å². The third-order valence-electron chi connectivity index (χ3n) is 5.29. The first-order valence-corrected chi connectivity index (χ1v) is 8.20. The molecule has 0 unspecified atom stereocenters. The quantitative estimate of drug-likeness (QED) is 0.870. The Hall–Kier alpha value is -1.46. The number of halogens is 1. The lowest BCUT2D eigenvalue weighted by Gasteiger charge is -2.37. The summed E-state index contributed by atoms with van der Waals surface area (Å²) >= 11 is 0. The van der Waals surface area contributed by atoms with Crippen molar-refractivity contribution in [1.82, 2.24) is 5.32 Å². The molecule has 3 aliphatic rings. The lowest BCUT2D eigenvalue weighted by atomic mass is 9.67. The first-order valence-electron chi connectivity index (χ1n) is 8.20. The molecule has 0 spiro atoms. The van der Waals surface area contributed by atoms with Crippen LogP contribution in [-0.2, 0) is 4.79 Å². The molecule has 1 aliphatic carbocycles. The van der Waals surface area contributed by atoms with Crippen molar-refractivity contribution in [1.29, 1.82) is 0 Å². The van der Waals surface area contributed by atoms with Crippen molar-refractivity contribution in [3.05, 3.63) is 18.2 Å². The van der Waals surface area contributed by atoms with E-state index in [0.717, 1.165) is 43.8 Å². The molecule has 1 aromatic rings. The third kappa shape index (κ3) is 2.88. The molecule has 4 rings (SSSR count). The van der Waals surface area contributed by atoms with Gasteiger partial charge in [0.05, 0.1) is 5.41 Å². The van der Waals surface area contributed by atoms with E-state index in [2.05, 4.69) is 10.6 Å². The number of carbonyl (C=O) groups is 1. The number of benzene rings is 1. The number of carbonyl (C=O) groups excluding carboxylic acids is 1. The summed E-state index contributed by atoms with van der Waals surface area (Å²) in [7, 11) is 0. The lowest BCUT2D eigenvalue weighted by molar-refractivity contribution is -0.128. The van der Waals surface area contributed by atoms with Crippen LogP contribution in [0.5, 0.6) is 11.5 Å². The van der Waals surface area contributed by atoms with E-state index in [1.54, 1.807) is 0 Å². The highest BCUT2D eigenvalue weighted by Crippen LogP contribution is 2.44. The van der Waals surface area contributed by atoms with Crippen LogP contribution in [0.1, 0.15) is 25.7 Å². The molecular weight excluding hydrogens is 316 g/mol. The minimum atomic E-state index is -0.231. The molecule has 6 heteroatoms. The van der Waals surface area contributed by atoms with Gasteiger partial charge < -0.3 is 20.1 Å². The molecule has 0 radical (unpaired) electrons. The van der Waals surface area contributed by atoms with Crippen LogP contribution in [0, 0.1) is 11.3 Å². The maximum absolute atomic E-state index is 12.9. The molecule has 5 nitrogen and oxygen atoms in total. The monoisotopic (exact) mass is 338 g/mol. The van der Waals surface area contributed by atoms with E-state index in [-0.39, 0.29) is 23.7 Å². The SMILES string of the molecule is Cl.O=C(Nc1ccc2c(c1)OCCO2)[C@@]12CCCC[C@H]1CNC2. The summed E-state index contributed by atoms with van der Waals surface area (Å²) in [6.07, 6.45) is 4.53. The summed E-state index contributed by atoms with van der Waals surface area (Å²) in [6.45, 7) is 2.90. The number of hydrogen-bond donors (Lipinski definition) is 2. The van der Waals surface area contributed by atoms with Gasteiger partial charge in [-0.2, -0.15) is 0 Å². The Morgan fingerprint density at radius 3 is 2.91 bits per heavy atom. The van der Waals surface area contributed by atoms with Gasteiger partial charge in [-0.1, -0.05) is 12.8 Å². The van der Waals surface area contributed by atoms with E-state index in [4.69, 9.17) is 9.47 Å². The molecule has 0 aromatic heterocycles. The van der Waals surface area contributed by atoms with Gasteiger partial charge >= 0.3 is 0 Å². The Kier molecular flexibility index (Phi) is 4.69. The molecule has 2 fully saturated rings. The van der Waals surface area contributed by atoms with Crippen LogP contribution in [-0.4, -0.2) is 32.2 Å². The number of anilines is 1. The van der Waals surface area contributed by atoms with Gasteiger partial charge in [-0.15, -0.1) is 12.4 Å². The van der Waals surface area contributed by atoms with E-state index in [1.807, 2.05) is 18.2 Å². The number of hydrogen-bond acceptors (Lipinski definition) is 4. The maximum atomic E-state index is 12.9. The summed E-state index contributed by atoms with van der Waals surface area (Å²) < 4.78 is 11.1. The lowest BCUT2D eigenvalue weighted by Crippen LogP contribution is -2.44. The van der Waals surface area contributed by atoms with Crippen molar-refractivity contribution < 1.29 is 14.3 Å². The normalized spacial score (nSPS) is 28.4. The Labute approximate surface area is 142 Å². The molecule has 2 heterocycles. The fourth-order valence-electron chi connectivity index (χ4n) is 4.07. The summed E-state index contributed by atoms with van der Waals surface area (Å²) in [4.78, 5) is 12.9. The molecule has 2 N–H and O–H groups in total. The Morgan fingerprint density at radius 1 is 1.22 bits per heavy atom. The average molecular weight is 339 g/mol. The topological polar surface area (TPSA) is 59.6 Å². The second-order valence-corrected chi connectivity index (χ2v) is 6.54. The van der Waals surface area contributed by atoms with Crippen molar-refractivity contribution in [2.24, 2.45) is 11.3 Å².